The van der Waals surface area contributed by atoms with Gasteiger partial charge in [-0.1, -0.05) is 54.2 Å². The molecule has 4 rings (SSSR count). The Bertz CT molecular complexity index is 1050. The maximum atomic E-state index is 13.9. The molecule has 0 bridgehead atoms. The summed E-state index contributed by atoms with van der Waals surface area (Å²) < 4.78 is 18.1. The van der Waals surface area contributed by atoms with Gasteiger partial charge in [0.25, 0.3) is 14.2 Å². The summed E-state index contributed by atoms with van der Waals surface area (Å²) in [5.74, 6) is 0.705. The zero-order valence-electron chi connectivity index (χ0n) is 23.2. The topological polar surface area (TPSA) is 88.5 Å². The second kappa shape index (κ2) is 9.98. The van der Waals surface area contributed by atoms with E-state index in [4.69, 9.17) is 13.9 Å². The molecular formula is C28H42N2O6Si. The number of methoxy groups -OCH3 is 1. The van der Waals surface area contributed by atoms with Gasteiger partial charge in [-0.05, 0) is 47.4 Å². The molecule has 3 aliphatic rings. The molecule has 1 saturated carbocycles. The lowest BCUT2D eigenvalue weighted by Crippen LogP contribution is -2.51. The number of carbonyl (C=O) groups is 2. The first kappa shape index (κ1) is 27.5. The molecule has 204 valence electrons. The smallest absolute Gasteiger partial charge is 0.416 e. The molecule has 2 heterocycles. The van der Waals surface area contributed by atoms with Crippen molar-refractivity contribution in [2.45, 2.75) is 89.7 Å². The Hall–Kier alpha value is -2.52. The number of aliphatic hydroxyl groups is 1. The average molecular weight is 531 g/mol. The first-order valence-corrected chi connectivity index (χ1v) is 15.5. The van der Waals surface area contributed by atoms with Crippen LogP contribution in [0.15, 0.2) is 24.8 Å². The van der Waals surface area contributed by atoms with Gasteiger partial charge in [-0.3, -0.25) is 4.79 Å². The number of hydrogen-bond acceptors (Lipinski definition) is 6. The molecule has 1 aliphatic carbocycles. The molecule has 9 heteroatoms. The number of nitrogens with zero attached hydrogens (tertiary/aromatic N) is 2. The molecule has 1 spiro atoms. The highest BCUT2D eigenvalue weighted by atomic mass is 28.4. The van der Waals surface area contributed by atoms with Gasteiger partial charge >= 0.3 is 6.09 Å². The second-order valence-corrected chi connectivity index (χ2v) is 17.2. The molecule has 2 amide bonds. The SMILES string of the molecule is C=CCOC(=O)N1c2cc(O[Si](C(C)C)(C(C)C)C(C)C)c(OC)cc2C(=O)N2CC3(CC3)C[C@H]2C1O. The van der Waals surface area contributed by atoms with Crippen LogP contribution >= 0.6 is 0 Å². The number of rotatable bonds is 8. The highest BCUT2D eigenvalue weighted by Crippen LogP contribution is 2.57. The Balaban J connectivity index is 1.88. The molecule has 37 heavy (non-hydrogen) atoms. The first-order chi connectivity index (χ1) is 17.4. The van der Waals surface area contributed by atoms with Crippen LogP contribution in [0.2, 0.25) is 16.6 Å². The third-order valence-corrected chi connectivity index (χ3v) is 14.6. The largest absolute Gasteiger partial charge is 0.540 e. The third kappa shape index (κ3) is 4.54. The number of carbonyl (C=O) groups excluding carboxylic acids is 2. The molecular weight excluding hydrogens is 488 g/mol. The van der Waals surface area contributed by atoms with Crippen LogP contribution in [0.4, 0.5) is 10.5 Å². The predicted molar refractivity (Wildman–Crippen MR) is 146 cm³/mol. The van der Waals surface area contributed by atoms with E-state index in [-0.39, 0.29) is 23.6 Å². The van der Waals surface area contributed by atoms with E-state index in [1.807, 2.05) is 0 Å². The zero-order valence-corrected chi connectivity index (χ0v) is 24.2. The van der Waals surface area contributed by atoms with Crippen LogP contribution in [-0.4, -0.2) is 62.9 Å². The molecule has 1 N–H and O–H groups in total. The number of amides is 2. The maximum Gasteiger partial charge on any atom is 0.416 e. The summed E-state index contributed by atoms with van der Waals surface area (Å²) in [6, 6.07) is 2.84. The van der Waals surface area contributed by atoms with Gasteiger partial charge in [0.15, 0.2) is 12.0 Å². The number of aliphatic hydroxyl groups excluding tert-OH is 1. The van der Waals surface area contributed by atoms with E-state index in [9.17, 15) is 14.7 Å². The summed E-state index contributed by atoms with van der Waals surface area (Å²) in [6.45, 7) is 17.3. The van der Waals surface area contributed by atoms with Gasteiger partial charge in [-0.25, -0.2) is 9.69 Å². The second-order valence-electron chi connectivity index (χ2n) is 11.8. The van der Waals surface area contributed by atoms with E-state index in [2.05, 4.69) is 48.1 Å². The van der Waals surface area contributed by atoms with Gasteiger partial charge in [0, 0.05) is 12.6 Å². The van der Waals surface area contributed by atoms with Crippen molar-refractivity contribution in [2.75, 3.05) is 25.2 Å². The fraction of sp³-hybridized carbons (Fsp3) is 0.643. The highest BCUT2D eigenvalue weighted by molar-refractivity contribution is 6.78. The molecule has 1 unspecified atom stereocenters. The summed E-state index contributed by atoms with van der Waals surface area (Å²) >= 11 is 0. The van der Waals surface area contributed by atoms with E-state index >= 15 is 0 Å². The fourth-order valence-electron chi connectivity index (χ4n) is 6.70. The number of fused-ring (bicyclic) bond motifs is 2. The van der Waals surface area contributed by atoms with Crippen molar-refractivity contribution in [1.82, 2.24) is 4.90 Å². The maximum absolute atomic E-state index is 13.9. The lowest BCUT2D eigenvalue weighted by Gasteiger charge is -2.42. The standard InChI is InChI=1S/C28H42N2O6Si/c1-9-12-35-27(33)30-21-14-24(36-37(17(2)3,18(4)5)19(6)7)23(34-8)13-20(21)25(31)29-16-28(10-11-28)15-22(29)26(30)32/h9,13-14,17-19,22,26,32H,1,10-12,15-16H2,2-8H3/t22-,26?/m0/s1. The predicted octanol–water partition coefficient (Wildman–Crippen LogP) is 5.71. The summed E-state index contributed by atoms with van der Waals surface area (Å²) in [5.41, 5.74) is 1.52. The van der Waals surface area contributed by atoms with Crippen molar-refractivity contribution in [3.63, 3.8) is 0 Å². The fourth-order valence-corrected chi connectivity index (χ4v) is 12.0. The van der Waals surface area contributed by atoms with Gasteiger partial charge in [0.1, 0.15) is 12.4 Å². The molecule has 0 radical (unpaired) electrons. The molecule has 2 aliphatic heterocycles. The van der Waals surface area contributed by atoms with E-state index in [0.29, 0.717) is 46.7 Å². The number of hydrogen-bond donors (Lipinski definition) is 1. The van der Waals surface area contributed by atoms with Crippen molar-refractivity contribution >= 4 is 26.0 Å². The van der Waals surface area contributed by atoms with E-state index in [0.717, 1.165) is 12.8 Å². The van der Waals surface area contributed by atoms with Crippen LogP contribution in [0.25, 0.3) is 0 Å². The van der Waals surface area contributed by atoms with E-state index in [1.54, 1.807) is 24.1 Å². The summed E-state index contributed by atoms with van der Waals surface area (Å²) in [5, 5.41) is 11.6. The van der Waals surface area contributed by atoms with Gasteiger partial charge in [0.2, 0.25) is 0 Å². The molecule has 0 aromatic heterocycles. The van der Waals surface area contributed by atoms with Crippen molar-refractivity contribution in [1.29, 1.82) is 0 Å². The molecule has 1 saturated heterocycles. The number of anilines is 1. The summed E-state index contributed by atoms with van der Waals surface area (Å²) in [4.78, 5) is 30.2. The van der Waals surface area contributed by atoms with Crippen molar-refractivity contribution in [3.05, 3.63) is 30.4 Å². The van der Waals surface area contributed by atoms with Gasteiger partial charge < -0.3 is 23.9 Å². The van der Waals surface area contributed by atoms with Crippen LogP contribution in [0.5, 0.6) is 11.5 Å². The minimum Gasteiger partial charge on any atom is -0.540 e. The first-order valence-electron chi connectivity index (χ1n) is 13.4. The van der Waals surface area contributed by atoms with E-state index < -0.39 is 26.7 Å². The Labute approximate surface area is 221 Å². The van der Waals surface area contributed by atoms with Gasteiger partial charge in [0.05, 0.1) is 24.4 Å². The zero-order chi connectivity index (χ0) is 27.3. The molecule has 1 aromatic rings. The van der Waals surface area contributed by atoms with Crippen molar-refractivity contribution < 1.29 is 28.6 Å². The number of ether oxygens (including phenoxy) is 2. The Kier molecular flexibility index (Phi) is 7.42. The van der Waals surface area contributed by atoms with Crippen LogP contribution in [0.1, 0.15) is 71.2 Å². The lowest BCUT2D eigenvalue weighted by atomic mass is 10.0. The minimum atomic E-state index is -2.40. The molecule has 2 fully saturated rings. The van der Waals surface area contributed by atoms with E-state index in [1.165, 1.54) is 11.0 Å². The Morgan fingerprint density at radius 2 is 1.78 bits per heavy atom. The molecule has 8 nitrogen and oxygen atoms in total. The summed E-state index contributed by atoms with van der Waals surface area (Å²) in [7, 11) is -0.840. The van der Waals surface area contributed by atoms with Crippen LogP contribution in [-0.2, 0) is 4.74 Å². The molecule has 2 atom stereocenters. The van der Waals surface area contributed by atoms with Crippen molar-refractivity contribution in [2.24, 2.45) is 5.41 Å². The van der Waals surface area contributed by atoms with Crippen LogP contribution in [0, 0.1) is 5.41 Å². The van der Waals surface area contributed by atoms with Crippen LogP contribution < -0.4 is 14.1 Å². The van der Waals surface area contributed by atoms with Crippen molar-refractivity contribution in [3.8, 4) is 11.5 Å². The normalized spacial score (nSPS) is 22.3. The Morgan fingerprint density at radius 3 is 2.30 bits per heavy atom. The monoisotopic (exact) mass is 530 g/mol. The van der Waals surface area contributed by atoms with Gasteiger partial charge in [-0.2, -0.15) is 0 Å². The average Bonchev–Trinajstić information content (AvgIpc) is 3.50. The third-order valence-electron chi connectivity index (χ3n) is 8.66. The minimum absolute atomic E-state index is 0.00671. The lowest BCUT2D eigenvalue weighted by molar-refractivity contribution is 0.0496. The van der Waals surface area contributed by atoms with Gasteiger partial charge in [-0.15, -0.1) is 0 Å². The molecule has 1 aromatic carbocycles. The highest BCUT2D eigenvalue weighted by Gasteiger charge is 2.58. The number of benzene rings is 1. The van der Waals surface area contributed by atoms with Crippen LogP contribution in [0.3, 0.4) is 0 Å². The summed E-state index contributed by atoms with van der Waals surface area (Å²) in [6.07, 6.45) is 2.21. The Morgan fingerprint density at radius 1 is 1.16 bits per heavy atom. The quantitative estimate of drug-likeness (QED) is 0.342.